The summed E-state index contributed by atoms with van der Waals surface area (Å²) < 4.78 is 29.4. The molecule has 0 aromatic carbocycles. The highest BCUT2D eigenvalue weighted by Gasteiger charge is 2.21. The van der Waals surface area contributed by atoms with Crippen molar-refractivity contribution in [2.24, 2.45) is 0 Å². The van der Waals surface area contributed by atoms with Gasteiger partial charge in [0.05, 0.1) is 0 Å². The number of carbonyl (C=O) groups excluding carboxylic acids is 1. The maximum absolute atomic E-state index is 10.8. The number of rotatable bonds is 2. The Kier molecular flexibility index (Phi) is 4.01. The number of halogens is 1. The SMILES string of the molecule is CC(=O)c1nc(N)c(S(=O)(=O)O)s1.Cl. The molecule has 0 aliphatic carbocycles. The molecule has 80 valence electrons. The minimum atomic E-state index is -4.37. The van der Waals surface area contributed by atoms with Crippen LogP contribution in [0.1, 0.15) is 16.7 Å². The largest absolute Gasteiger partial charge is 0.382 e. The molecule has 0 radical (unpaired) electrons. The maximum Gasteiger partial charge on any atom is 0.307 e. The van der Waals surface area contributed by atoms with Crippen LogP contribution in [0.3, 0.4) is 0 Å². The second-order valence-electron chi connectivity index (χ2n) is 2.22. The quantitative estimate of drug-likeness (QED) is 0.594. The number of carbonyl (C=O) groups is 1. The summed E-state index contributed by atoms with van der Waals surface area (Å²) in [5, 5.41) is -0.0369. The lowest BCUT2D eigenvalue weighted by atomic mass is 10.5. The lowest BCUT2D eigenvalue weighted by Crippen LogP contribution is -1.99. The first-order chi connectivity index (χ1) is 5.82. The van der Waals surface area contributed by atoms with Crippen LogP contribution in [0.25, 0.3) is 0 Å². The van der Waals surface area contributed by atoms with E-state index < -0.39 is 20.1 Å². The van der Waals surface area contributed by atoms with Gasteiger partial charge in [0.2, 0.25) is 0 Å². The first kappa shape index (κ1) is 13.3. The second kappa shape index (κ2) is 4.22. The van der Waals surface area contributed by atoms with Crippen molar-refractivity contribution in [2.45, 2.75) is 11.1 Å². The Labute approximate surface area is 90.3 Å². The van der Waals surface area contributed by atoms with Crippen molar-refractivity contribution in [3.05, 3.63) is 5.01 Å². The number of thiazole rings is 1. The van der Waals surface area contributed by atoms with E-state index in [1.54, 1.807) is 0 Å². The summed E-state index contributed by atoms with van der Waals surface area (Å²) in [6.45, 7) is 1.23. The summed E-state index contributed by atoms with van der Waals surface area (Å²) in [7, 11) is -4.37. The van der Waals surface area contributed by atoms with Gasteiger partial charge < -0.3 is 5.73 Å². The van der Waals surface area contributed by atoms with Crippen LogP contribution in [0, 0.1) is 0 Å². The molecule has 0 amide bonds. The molecule has 0 saturated carbocycles. The Balaban J connectivity index is 0.00000169. The molecule has 14 heavy (non-hydrogen) atoms. The van der Waals surface area contributed by atoms with Gasteiger partial charge in [0.1, 0.15) is 0 Å². The van der Waals surface area contributed by atoms with E-state index in [1.807, 2.05) is 0 Å². The maximum atomic E-state index is 10.8. The van der Waals surface area contributed by atoms with Crippen LogP contribution >= 0.6 is 23.7 Å². The molecule has 0 spiro atoms. The standard InChI is InChI=1S/C5H6N2O4S2.ClH/c1-2(8)4-7-3(6)5(12-4)13(9,10)11;/h6H2,1H3,(H,9,10,11);1H. The number of nitrogen functional groups attached to an aromatic ring is 1. The van der Waals surface area contributed by atoms with E-state index in [1.165, 1.54) is 6.92 Å². The normalized spacial score (nSPS) is 10.7. The lowest BCUT2D eigenvalue weighted by Gasteiger charge is -1.89. The van der Waals surface area contributed by atoms with Gasteiger partial charge in [0.15, 0.2) is 20.8 Å². The first-order valence-electron chi connectivity index (χ1n) is 3.07. The van der Waals surface area contributed by atoms with Crippen LogP contribution in [0.15, 0.2) is 4.21 Å². The van der Waals surface area contributed by atoms with Crippen LogP contribution in [0.4, 0.5) is 5.82 Å². The topological polar surface area (TPSA) is 110 Å². The number of hydrogen-bond donors (Lipinski definition) is 2. The summed E-state index contributed by atoms with van der Waals surface area (Å²) in [5.41, 5.74) is 5.17. The summed E-state index contributed by atoms with van der Waals surface area (Å²) in [6.07, 6.45) is 0. The van der Waals surface area contributed by atoms with E-state index in [-0.39, 0.29) is 23.2 Å². The molecular weight excluding hydrogens is 252 g/mol. The number of nitrogens with two attached hydrogens (primary N) is 1. The van der Waals surface area contributed by atoms with Crippen molar-refractivity contribution in [2.75, 3.05) is 5.73 Å². The zero-order chi connectivity index (χ0) is 10.2. The summed E-state index contributed by atoms with van der Waals surface area (Å²) in [6, 6.07) is 0. The monoisotopic (exact) mass is 258 g/mol. The van der Waals surface area contributed by atoms with Gasteiger partial charge in [-0.2, -0.15) is 8.42 Å². The van der Waals surface area contributed by atoms with Gasteiger partial charge in [-0.3, -0.25) is 9.35 Å². The molecule has 9 heteroatoms. The van der Waals surface area contributed by atoms with Gasteiger partial charge in [-0.05, 0) is 0 Å². The lowest BCUT2D eigenvalue weighted by molar-refractivity contribution is 0.101. The van der Waals surface area contributed by atoms with Crippen LogP contribution in [0.2, 0.25) is 0 Å². The van der Waals surface area contributed by atoms with Crippen molar-refractivity contribution in [1.82, 2.24) is 4.98 Å². The predicted molar refractivity (Wildman–Crippen MR) is 53.6 cm³/mol. The number of nitrogens with zero attached hydrogens (tertiary/aromatic N) is 1. The minimum Gasteiger partial charge on any atom is -0.382 e. The number of aromatic nitrogens is 1. The Morgan fingerprint density at radius 3 is 2.29 bits per heavy atom. The van der Waals surface area contributed by atoms with Crippen molar-refractivity contribution in [1.29, 1.82) is 0 Å². The Bertz CT molecular complexity index is 452. The molecule has 0 aliphatic heterocycles. The van der Waals surface area contributed by atoms with Gasteiger partial charge in [0.25, 0.3) is 0 Å². The third kappa shape index (κ3) is 2.64. The van der Waals surface area contributed by atoms with Gasteiger partial charge >= 0.3 is 10.1 Å². The summed E-state index contributed by atoms with van der Waals surface area (Å²) in [4.78, 5) is 14.2. The highest BCUT2D eigenvalue weighted by molar-refractivity contribution is 7.88. The highest BCUT2D eigenvalue weighted by atomic mass is 35.5. The van der Waals surface area contributed by atoms with Gasteiger partial charge in [-0.1, -0.05) is 11.3 Å². The average molecular weight is 259 g/mol. The molecule has 3 N–H and O–H groups in total. The molecule has 6 nitrogen and oxygen atoms in total. The summed E-state index contributed by atoms with van der Waals surface area (Å²) in [5.74, 6) is -0.746. The molecule has 0 fully saturated rings. The number of ketones is 1. The summed E-state index contributed by atoms with van der Waals surface area (Å²) >= 11 is 0.551. The molecule has 0 unspecified atom stereocenters. The van der Waals surface area contributed by atoms with Crippen LogP contribution in [-0.2, 0) is 10.1 Å². The highest BCUT2D eigenvalue weighted by Crippen LogP contribution is 2.25. The number of anilines is 1. The predicted octanol–water partition coefficient (Wildman–Crippen LogP) is 0.596. The van der Waals surface area contributed by atoms with E-state index in [2.05, 4.69) is 4.98 Å². The van der Waals surface area contributed by atoms with Crippen LogP contribution < -0.4 is 5.73 Å². The molecular formula is C5H7ClN2O4S2. The third-order valence-electron chi connectivity index (χ3n) is 1.16. The number of Topliss-reactive ketones (excluding diaryl/α,β-unsaturated/α-hetero) is 1. The fourth-order valence-corrected chi connectivity index (χ4v) is 2.23. The van der Waals surface area contributed by atoms with Gasteiger partial charge in [0, 0.05) is 6.92 Å². The van der Waals surface area contributed by atoms with Crippen molar-refractivity contribution < 1.29 is 17.8 Å². The first-order valence-corrected chi connectivity index (χ1v) is 5.32. The van der Waals surface area contributed by atoms with Crippen molar-refractivity contribution in [3.8, 4) is 0 Å². The molecule has 1 aromatic rings. The Hall–Kier alpha value is -0.700. The molecule has 0 bridgehead atoms. The zero-order valence-electron chi connectivity index (χ0n) is 6.92. The zero-order valence-corrected chi connectivity index (χ0v) is 9.37. The Morgan fingerprint density at radius 1 is 1.57 bits per heavy atom. The van der Waals surface area contributed by atoms with Gasteiger partial charge in [-0.25, -0.2) is 4.98 Å². The van der Waals surface area contributed by atoms with Crippen molar-refractivity contribution in [3.63, 3.8) is 0 Å². The van der Waals surface area contributed by atoms with E-state index in [4.69, 9.17) is 10.3 Å². The molecule has 0 saturated heterocycles. The molecule has 1 aromatic heterocycles. The smallest absolute Gasteiger partial charge is 0.307 e. The molecule has 1 rings (SSSR count). The second-order valence-corrected chi connectivity index (χ2v) is 4.84. The fraction of sp³-hybridized carbons (Fsp3) is 0.200. The average Bonchev–Trinajstić information content (AvgIpc) is 2.29. The fourth-order valence-electron chi connectivity index (χ4n) is 0.653. The van der Waals surface area contributed by atoms with E-state index in [9.17, 15) is 13.2 Å². The molecule has 1 heterocycles. The van der Waals surface area contributed by atoms with E-state index >= 15 is 0 Å². The molecule has 0 aliphatic rings. The number of hydrogen-bond acceptors (Lipinski definition) is 6. The van der Waals surface area contributed by atoms with Crippen LogP contribution in [0.5, 0.6) is 0 Å². The Morgan fingerprint density at radius 2 is 2.07 bits per heavy atom. The van der Waals surface area contributed by atoms with Crippen LogP contribution in [-0.4, -0.2) is 23.7 Å². The van der Waals surface area contributed by atoms with Crippen molar-refractivity contribution >= 4 is 45.5 Å². The van der Waals surface area contributed by atoms with Gasteiger partial charge in [-0.15, -0.1) is 12.4 Å². The third-order valence-corrected chi connectivity index (χ3v) is 3.68. The van der Waals surface area contributed by atoms with E-state index in [0.29, 0.717) is 11.3 Å². The minimum absolute atomic E-state index is 0. The molecule has 0 atom stereocenters. The van der Waals surface area contributed by atoms with E-state index in [0.717, 1.165) is 0 Å².